The Hall–Kier alpha value is -1.76. The van der Waals surface area contributed by atoms with E-state index in [0.717, 1.165) is 0 Å². The largest absolute Gasteiger partial charge is 0.384 e. The molecule has 2 aromatic rings. The van der Waals surface area contributed by atoms with Gasteiger partial charge in [-0.25, -0.2) is 4.68 Å². The molecule has 0 saturated heterocycles. The molecule has 0 radical (unpaired) electrons. The summed E-state index contributed by atoms with van der Waals surface area (Å²) in [5.41, 5.74) is -0.485. The van der Waals surface area contributed by atoms with Gasteiger partial charge in [0.25, 0.3) is 0 Å². The maximum Gasteiger partial charge on any atom is 0.213 e. The highest BCUT2D eigenvalue weighted by atomic mass is 16.5. The summed E-state index contributed by atoms with van der Waals surface area (Å²) in [4.78, 5) is 3.85. The first kappa shape index (κ1) is 9.78. The van der Waals surface area contributed by atoms with Gasteiger partial charge in [-0.3, -0.25) is 0 Å². The second kappa shape index (κ2) is 3.43. The van der Waals surface area contributed by atoms with E-state index in [4.69, 9.17) is 0 Å². The SMILES string of the molecule is CC(C)(O)c1cn(Cc2ncon2)nn1. The van der Waals surface area contributed by atoms with Gasteiger partial charge < -0.3 is 9.63 Å². The van der Waals surface area contributed by atoms with Crippen molar-refractivity contribution in [2.45, 2.75) is 26.0 Å². The Kier molecular flexibility index (Phi) is 2.24. The van der Waals surface area contributed by atoms with Crippen molar-refractivity contribution in [1.82, 2.24) is 25.1 Å². The third kappa shape index (κ3) is 2.18. The van der Waals surface area contributed by atoms with Gasteiger partial charge in [-0.15, -0.1) is 5.10 Å². The second-order valence-electron chi connectivity index (χ2n) is 3.71. The Labute approximate surface area is 85.7 Å². The van der Waals surface area contributed by atoms with Crippen molar-refractivity contribution >= 4 is 0 Å². The molecule has 1 N–H and O–H groups in total. The van der Waals surface area contributed by atoms with Crippen LogP contribution in [0, 0.1) is 0 Å². The van der Waals surface area contributed by atoms with Crippen LogP contribution < -0.4 is 0 Å². The molecule has 0 fully saturated rings. The summed E-state index contributed by atoms with van der Waals surface area (Å²) in [6.45, 7) is 3.67. The van der Waals surface area contributed by atoms with Gasteiger partial charge in [-0.05, 0) is 13.8 Å². The normalized spacial score (nSPS) is 11.9. The van der Waals surface area contributed by atoms with Crippen molar-refractivity contribution in [3.8, 4) is 0 Å². The highest BCUT2D eigenvalue weighted by Gasteiger charge is 2.20. The molecule has 0 saturated carbocycles. The van der Waals surface area contributed by atoms with Crippen molar-refractivity contribution in [2.24, 2.45) is 0 Å². The molecule has 0 aromatic carbocycles. The highest BCUT2D eigenvalue weighted by molar-refractivity contribution is 5.03. The first-order chi connectivity index (χ1) is 7.05. The van der Waals surface area contributed by atoms with Crippen LogP contribution in [0.2, 0.25) is 0 Å². The summed E-state index contributed by atoms with van der Waals surface area (Å²) >= 11 is 0. The van der Waals surface area contributed by atoms with E-state index < -0.39 is 5.60 Å². The van der Waals surface area contributed by atoms with Gasteiger partial charge in [0.1, 0.15) is 17.8 Å². The zero-order valence-electron chi connectivity index (χ0n) is 8.45. The molecular formula is C8H11N5O2. The molecule has 0 bridgehead atoms. The second-order valence-corrected chi connectivity index (χ2v) is 3.71. The lowest BCUT2D eigenvalue weighted by Gasteiger charge is -2.11. The number of hydrogen-bond acceptors (Lipinski definition) is 6. The maximum absolute atomic E-state index is 9.66. The summed E-state index contributed by atoms with van der Waals surface area (Å²) in [5.74, 6) is 0.516. The van der Waals surface area contributed by atoms with Crippen LogP contribution in [0.4, 0.5) is 0 Å². The molecule has 0 spiro atoms. The molecule has 0 atom stereocenters. The van der Waals surface area contributed by atoms with Crippen LogP contribution in [0.1, 0.15) is 25.4 Å². The fourth-order valence-electron chi connectivity index (χ4n) is 1.06. The minimum Gasteiger partial charge on any atom is -0.384 e. The quantitative estimate of drug-likeness (QED) is 0.761. The summed E-state index contributed by atoms with van der Waals surface area (Å²) in [6.07, 6.45) is 2.90. The predicted molar refractivity (Wildman–Crippen MR) is 48.7 cm³/mol. The van der Waals surface area contributed by atoms with Crippen LogP contribution in [0.15, 0.2) is 17.1 Å². The van der Waals surface area contributed by atoms with Crippen molar-refractivity contribution in [3.05, 3.63) is 24.1 Å². The molecule has 0 aliphatic rings. The first-order valence-electron chi connectivity index (χ1n) is 4.44. The van der Waals surface area contributed by atoms with Gasteiger partial charge in [0, 0.05) is 0 Å². The summed E-state index contributed by atoms with van der Waals surface area (Å²) in [6, 6.07) is 0. The summed E-state index contributed by atoms with van der Waals surface area (Å²) in [5, 5.41) is 21.0. The van der Waals surface area contributed by atoms with E-state index in [1.165, 1.54) is 11.1 Å². The van der Waals surface area contributed by atoms with Crippen molar-refractivity contribution in [2.75, 3.05) is 0 Å². The minimum absolute atomic E-state index is 0.375. The van der Waals surface area contributed by atoms with E-state index in [-0.39, 0.29) is 0 Å². The van der Waals surface area contributed by atoms with Gasteiger partial charge >= 0.3 is 0 Å². The molecule has 2 aromatic heterocycles. The number of nitrogens with zero attached hydrogens (tertiary/aromatic N) is 5. The van der Waals surface area contributed by atoms with E-state index in [1.54, 1.807) is 20.0 Å². The average Bonchev–Trinajstić information content (AvgIpc) is 2.73. The van der Waals surface area contributed by atoms with Crippen LogP contribution in [-0.2, 0) is 12.1 Å². The van der Waals surface area contributed by atoms with Gasteiger partial charge in [0.15, 0.2) is 5.82 Å². The van der Waals surface area contributed by atoms with Crippen LogP contribution in [0.25, 0.3) is 0 Å². The number of aliphatic hydroxyl groups is 1. The lowest BCUT2D eigenvalue weighted by molar-refractivity contribution is 0.0737. The molecule has 2 heterocycles. The van der Waals surface area contributed by atoms with Crippen molar-refractivity contribution in [3.63, 3.8) is 0 Å². The summed E-state index contributed by atoms with van der Waals surface area (Å²) in [7, 11) is 0. The Bertz CT molecular complexity index is 428. The summed E-state index contributed by atoms with van der Waals surface area (Å²) < 4.78 is 6.13. The van der Waals surface area contributed by atoms with E-state index in [1.807, 2.05) is 0 Å². The lowest BCUT2D eigenvalue weighted by atomic mass is 10.1. The van der Waals surface area contributed by atoms with Crippen LogP contribution in [-0.4, -0.2) is 30.2 Å². The number of rotatable bonds is 3. The standard InChI is InChI=1S/C8H11N5O2/c1-8(2,14)6-3-13(12-10-6)4-7-9-5-15-11-7/h3,5,14H,4H2,1-2H3. The fourth-order valence-corrected chi connectivity index (χ4v) is 1.06. The van der Waals surface area contributed by atoms with Crippen LogP contribution in [0.5, 0.6) is 0 Å². The van der Waals surface area contributed by atoms with Gasteiger partial charge in [-0.1, -0.05) is 10.4 Å². The molecule has 7 heteroatoms. The smallest absolute Gasteiger partial charge is 0.213 e. The first-order valence-corrected chi connectivity index (χ1v) is 4.44. The molecule has 15 heavy (non-hydrogen) atoms. The third-order valence-corrected chi connectivity index (χ3v) is 1.88. The molecule has 80 valence electrons. The molecule has 0 unspecified atom stereocenters. The van der Waals surface area contributed by atoms with Crippen LogP contribution >= 0.6 is 0 Å². The molecule has 0 aliphatic heterocycles. The zero-order chi connectivity index (χ0) is 10.9. The highest BCUT2D eigenvalue weighted by Crippen LogP contribution is 2.15. The molecule has 2 rings (SSSR count). The molecule has 0 aliphatic carbocycles. The van der Waals surface area contributed by atoms with Gasteiger partial charge in [-0.2, -0.15) is 4.98 Å². The number of aromatic nitrogens is 5. The Morgan fingerprint density at radius 2 is 2.33 bits per heavy atom. The number of hydrogen-bond donors (Lipinski definition) is 1. The van der Waals surface area contributed by atoms with Gasteiger partial charge in [0.05, 0.1) is 6.20 Å². The van der Waals surface area contributed by atoms with E-state index in [2.05, 4.69) is 25.0 Å². The molecular weight excluding hydrogens is 198 g/mol. The monoisotopic (exact) mass is 209 g/mol. The van der Waals surface area contributed by atoms with Gasteiger partial charge in [0.2, 0.25) is 6.39 Å². The van der Waals surface area contributed by atoms with E-state index in [0.29, 0.717) is 18.1 Å². The Morgan fingerprint density at radius 1 is 1.53 bits per heavy atom. The minimum atomic E-state index is -0.991. The van der Waals surface area contributed by atoms with E-state index in [9.17, 15) is 5.11 Å². The topological polar surface area (TPSA) is 89.9 Å². The fraction of sp³-hybridized carbons (Fsp3) is 0.500. The van der Waals surface area contributed by atoms with Crippen molar-refractivity contribution in [1.29, 1.82) is 0 Å². The Balaban J connectivity index is 2.15. The maximum atomic E-state index is 9.66. The lowest BCUT2D eigenvalue weighted by Crippen LogP contribution is -2.15. The third-order valence-electron chi connectivity index (χ3n) is 1.88. The van der Waals surface area contributed by atoms with Crippen LogP contribution in [0.3, 0.4) is 0 Å². The zero-order valence-corrected chi connectivity index (χ0v) is 8.45. The van der Waals surface area contributed by atoms with Crippen molar-refractivity contribution < 1.29 is 9.63 Å². The molecule has 7 nitrogen and oxygen atoms in total. The average molecular weight is 209 g/mol. The molecule has 0 amide bonds. The van der Waals surface area contributed by atoms with E-state index >= 15 is 0 Å². The predicted octanol–water partition coefficient (Wildman–Crippen LogP) is -0.0632. The Morgan fingerprint density at radius 3 is 2.87 bits per heavy atom.